The van der Waals surface area contributed by atoms with Gasteiger partial charge in [0.15, 0.2) is 5.78 Å². The zero-order chi connectivity index (χ0) is 23.4. The lowest BCUT2D eigenvalue weighted by Crippen LogP contribution is -2.17. The van der Waals surface area contributed by atoms with Crippen molar-refractivity contribution in [1.82, 2.24) is 0 Å². The molecular weight excluding hydrogens is 380 g/mol. The molecule has 1 atom stereocenters. The van der Waals surface area contributed by atoms with Gasteiger partial charge in [0, 0.05) is 41.1 Å². The molecule has 1 rings (SSSR count). The van der Waals surface area contributed by atoms with Crippen LogP contribution in [0.15, 0.2) is 59.8 Å². The second kappa shape index (κ2) is 13.3. The number of carbonyl (C=O) groups excluding carboxylic acids is 1. The summed E-state index contributed by atoms with van der Waals surface area (Å²) >= 11 is 0. The largest absolute Gasteiger partial charge is 0.308 e. The molecule has 0 bridgehead atoms. The van der Waals surface area contributed by atoms with Crippen LogP contribution in [0.1, 0.15) is 81.8 Å². The van der Waals surface area contributed by atoms with Gasteiger partial charge >= 0.3 is 0 Å². The van der Waals surface area contributed by atoms with E-state index >= 15 is 0 Å². The van der Waals surface area contributed by atoms with Gasteiger partial charge in [-0.3, -0.25) is 9.79 Å². The van der Waals surface area contributed by atoms with Crippen LogP contribution in [0.3, 0.4) is 0 Å². The number of hydrogen-bond donors (Lipinski definition) is 1. The third kappa shape index (κ3) is 7.98. The molecular formula is C28H36N2O. The van der Waals surface area contributed by atoms with Crippen LogP contribution in [0, 0.1) is 29.1 Å². The Morgan fingerprint density at radius 3 is 2.48 bits per heavy atom. The zero-order valence-electron chi connectivity index (χ0n) is 19.7. The van der Waals surface area contributed by atoms with Gasteiger partial charge in [0.05, 0.1) is 5.71 Å². The first-order valence-electron chi connectivity index (χ1n) is 11.0. The highest BCUT2D eigenvalue weighted by molar-refractivity contribution is 6.24. The summed E-state index contributed by atoms with van der Waals surface area (Å²) in [5.74, 6) is 6.65. The molecule has 31 heavy (non-hydrogen) atoms. The number of carbonyl (C=O) groups is 1. The van der Waals surface area contributed by atoms with E-state index in [1.807, 2.05) is 24.4 Å². The maximum absolute atomic E-state index is 13.0. The molecule has 0 radical (unpaired) electrons. The molecule has 164 valence electrons. The molecule has 1 unspecified atom stereocenters. The molecule has 0 aromatic heterocycles. The number of ketones is 1. The monoisotopic (exact) mass is 416 g/mol. The summed E-state index contributed by atoms with van der Waals surface area (Å²) in [6.07, 6.45) is 8.28. The smallest absolute Gasteiger partial charge is 0.194 e. The zero-order valence-corrected chi connectivity index (χ0v) is 19.7. The third-order valence-electron chi connectivity index (χ3n) is 4.97. The fourth-order valence-electron chi connectivity index (χ4n) is 3.03. The highest BCUT2D eigenvalue weighted by Crippen LogP contribution is 2.22. The molecule has 0 fully saturated rings. The Morgan fingerprint density at radius 1 is 1.23 bits per heavy atom. The average Bonchev–Trinajstić information content (AvgIpc) is 2.77. The molecule has 0 aliphatic carbocycles. The van der Waals surface area contributed by atoms with E-state index in [4.69, 9.17) is 10.4 Å². The number of nitrogens with zero attached hydrogens (tertiary/aromatic N) is 1. The van der Waals surface area contributed by atoms with Gasteiger partial charge in [-0.25, -0.2) is 0 Å². The standard InChI is InChI=1S/C28H36N2O/c1-8-11-12-13-24-14-15-25(26(17-24)28(31)22(7)18-29)27(21(6)9-2)30-19-23(10-3)16-20(4)5/h10,14-15,17-21,29H,3,7-9,11,16H2,1-2,4-6H3/b23-19+,29-18?,30-27?. The van der Waals surface area contributed by atoms with Crippen molar-refractivity contribution in [2.45, 2.75) is 60.3 Å². The predicted octanol–water partition coefficient (Wildman–Crippen LogP) is 7.18. The lowest BCUT2D eigenvalue weighted by molar-refractivity contribution is 0.104. The van der Waals surface area contributed by atoms with Crippen molar-refractivity contribution >= 4 is 17.7 Å². The van der Waals surface area contributed by atoms with E-state index in [1.165, 1.54) is 0 Å². The van der Waals surface area contributed by atoms with Gasteiger partial charge in [0.1, 0.15) is 0 Å². The van der Waals surface area contributed by atoms with E-state index < -0.39 is 0 Å². The first kappa shape index (κ1) is 26.0. The Bertz CT molecular complexity index is 935. The molecule has 0 heterocycles. The first-order valence-corrected chi connectivity index (χ1v) is 11.0. The van der Waals surface area contributed by atoms with Gasteiger partial charge < -0.3 is 5.41 Å². The third-order valence-corrected chi connectivity index (χ3v) is 4.97. The van der Waals surface area contributed by atoms with Crippen molar-refractivity contribution in [2.75, 3.05) is 0 Å². The number of aliphatic imine (C=N–C) groups is 1. The minimum Gasteiger partial charge on any atom is -0.308 e. The maximum Gasteiger partial charge on any atom is 0.194 e. The SMILES string of the molecule is C=C/C(=C\N=C(c1ccc(C#CCCC)cc1C(=O)C(=C)C=N)C(C)CC)CC(C)C. The Hall–Kier alpha value is -2.99. The molecule has 0 aliphatic rings. The molecule has 0 amide bonds. The van der Waals surface area contributed by atoms with Gasteiger partial charge in [-0.15, -0.1) is 0 Å². The number of allylic oxidation sites excluding steroid dienone is 3. The van der Waals surface area contributed by atoms with Crippen LogP contribution in [-0.4, -0.2) is 17.7 Å². The molecule has 1 aromatic carbocycles. The van der Waals surface area contributed by atoms with E-state index in [2.05, 4.69) is 59.6 Å². The van der Waals surface area contributed by atoms with Gasteiger partial charge in [-0.1, -0.05) is 71.8 Å². The molecule has 0 saturated carbocycles. The highest BCUT2D eigenvalue weighted by atomic mass is 16.1. The van der Waals surface area contributed by atoms with E-state index in [0.29, 0.717) is 11.5 Å². The number of benzene rings is 1. The Balaban J connectivity index is 3.67. The summed E-state index contributed by atoms with van der Waals surface area (Å²) in [4.78, 5) is 17.9. The van der Waals surface area contributed by atoms with Crippen molar-refractivity contribution in [2.24, 2.45) is 16.8 Å². The number of Topliss-reactive ketones (excluding diaryl/α,β-unsaturated/α-hetero) is 1. The van der Waals surface area contributed by atoms with E-state index in [9.17, 15) is 4.79 Å². The van der Waals surface area contributed by atoms with E-state index in [1.54, 1.807) is 6.07 Å². The summed E-state index contributed by atoms with van der Waals surface area (Å²) in [7, 11) is 0. The maximum atomic E-state index is 13.0. The topological polar surface area (TPSA) is 53.3 Å². The van der Waals surface area contributed by atoms with Crippen molar-refractivity contribution in [3.8, 4) is 11.8 Å². The Morgan fingerprint density at radius 2 is 1.94 bits per heavy atom. The van der Waals surface area contributed by atoms with Crippen LogP contribution in [0.2, 0.25) is 0 Å². The molecule has 1 N–H and O–H groups in total. The van der Waals surface area contributed by atoms with E-state index in [-0.39, 0.29) is 17.3 Å². The summed E-state index contributed by atoms with van der Waals surface area (Å²) in [5.41, 5.74) is 4.10. The average molecular weight is 417 g/mol. The molecule has 3 heteroatoms. The summed E-state index contributed by atoms with van der Waals surface area (Å²) in [6.45, 7) is 18.3. The normalized spacial score (nSPS) is 12.7. The van der Waals surface area contributed by atoms with Crippen molar-refractivity contribution in [3.63, 3.8) is 0 Å². The number of hydrogen-bond acceptors (Lipinski definition) is 3. The van der Waals surface area contributed by atoms with E-state index in [0.717, 1.165) is 54.3 Å². The fraction of sp³-hybridized carbons (Fsp3) is 0.393. The van der Waals surface area contributed by atoms with Crippen molar-refractivity contribution in [1.29, 1.82) is 5.41 Å². The Kier molecular flexibility index (Phi) is 11.2. The van der Waals surface area contributed by atoms with Crippen LogP contribution >= 0.6 is 0 Å². The summed E-state index contributed by atoms with van der Waals surface area (Å²) < 4.78 is 0. The fourth-order valence-corrected chi connectivity index (χ4v) is 3.03. The van der Waals surface area contributed by atoms with Crippen LogP contribution in [0.4, 0.5) is 0 Å². The lowest BCUT2D eigenvalue weighted by Gasteiger charge is -2.17. The predicted molar refractivity (Wildman–Crippen MR) is 134 cm³/mol. The van der Waals surface area contributed by atoms with Crippen molar-refractivity contribution < 1.29 is 4.79 Å². The Labute approximate surface area is 188 Å². The quantitative estimate of drug-likeness (QED) is 0.134. The van der Waals surface area contributed by atoms with Crippen LogP contribution in [0.5, 0.6) is 0 Å². The first-order chi connectivity index (χ1) is 14.8. The summed E-state index contributed by atoms with van der Waals surface area (Å²) in [5, 5.41) is 7.48. The number of unbranched alkanes of at least 4 members (excludes halogenated alkanes) is 1. The second-order valence-corrected chi connectivity index (χ2v) is 8.14. The van der Waals surface area contributed by atoms with Gasteiger partial charge in [-0.05, 0) is 48.8 Å². The van der Waals surface area contributed by atoms with Crippen molar-refractivity contribution in [3.05, 3.63) is 71.5 Å². The van der Waals surface area contributed by atoms with Crippen LogP contribution in [-0.2, 0) is 0 Å². The molecule has 1 aromatic rings. The molecule has 0 spiro atoms. The number of rotatable bonds is 11. The minimum atomic E-state index is -0.268. The van der Waals surface area contributed by atoms with Gasteiger partial charge in [-0.2, -0.15) is 0 Å². The molecule has 0 aliphatic heterocycles. The second-order valence-electron chi connectivity index (χ2n) is 8.14. The van der Waals surface area contributed by atoms with Crippen LogP contribution in [0.25, 0.3) is 0 Å². The lowest BCUT2D eigenvalue weighted by atomic mass is 9.88. The molecule has 0 saturated heterocycles. The number of nitrogens with one attached hydrogen (secondary N) is 1. The highest BCUT2D eigenvalue weighted by Gasteiger charge is 2.20. The molecule has 3 nitrogen and oxygen atoms in total. The van der Waals surface area contributed by atoms with Crippen LogP contribution < -0.4 is 0 Å². The van der Waals surface area contributed by atoms with Gasteiger partial charge in [0.25, 0.3) is 0 Å². The minimum absolute atomic E-state index is 0.144. The van der Waals surface area contributed by atoms with Gasteiger partial charge in [0.2, 0.25) is 0 Å². The summed E-state index contributed by atoms with van der Waals surface area (Å²) in [6, 6.07) is 5.67.